The summed E-state index contributed by atoms with van der Waals surface area (Å²) in [4.78, 5) is 50.5. The zero-order valence-corrected chi connectivity index (χ0v) is 24.8. The van der Waals surface area contributed by atoms with Gasteiger partial charge in [0, 0.05) is 39.9 Å². The molecule has 14 heteroatoms. The molecule has 2 atom stereocenters. The van der Waals surface area contributed by atoms with Gasteiger partial charge in [-0.1, -0.05) is 25.6 Å². The molecule has 13 nitrogen and oxygen atoms in total. The molecule has 0 amide bonds. The predicted molar refractivity (Wildman–Crippen MR) is 147 cm³/mol. The molecule has 0 aliphatic carbocycles. The van der Waals surface area contributed by atoms with E-state index in [0.717, 1.165) is 22.1 Å². The number of aromatic amines is 2. The maximum Gasteiger partial charge on any atom is 1.00 e. The van der Waals surface area contributed by atoms with Crippen molar-refractivity contribution in [2.24, 2.45) is 5.34 Å². The van der Waals surface area contributed by atoms with Crippen LogP contribution >= 0.6 is 0 Å². The fourth-order valence-corrected chi connectivity index (χ4v) is 3.61. The second kappa shape index (κ2) is 18.5. The quantitative estimate of drug-likeness (QED) is 0.0786. The molecule has 216 valence electrons. The smallest absolute Gasteiger partial charge is 0.635 e. The summed E-state index contributed by atoms with van der Waals surface area (Å²) in [6.45, 7) is 7.90. The molecule has 2 aromatic heterocycles. The molecule has 0 saturated heterocycles. The van der Waals surface area contributed by atoms with Crippen LogP contribution in [0.4, 0.5) is 5.69 Å². The number of aromatic nitrogens is 2. The van der Waals surface area contributed by atoms with Crippen LogP contribution in [0.3, 0.4) is 0 Å². The van der Waals surface area contributed by atoms with Crippen molar-refractivity contribution in [3.05, 3.63) is 81.0 Å². The van der Waals surface area contributed by atoms with E-state index in [1.807, 2.05) is 44.2 Å². The molecule has 41 heavy (non-hydrogen) atoms. The minimum atomic E-state index is -0.444. The van der Waals surface area contributed by atoms with Gasteiger partial charge in [-0.05, 0) is 57.3 Å². The third-order valence-corrected chi connectivity index (χ3v) is 5.63. The number of fused-ring (bicyclic) bond motifs is 2. The number of para-hydroxylation sites is 1. The van der Waals surface area contributed by atoms with Gasteiger partial charge in [-0.25, -0.2) is 0 Å². The summed E-state index contributed by atoms with van der Waals surface area (Å²) in [6, 6.07) is 16.2. The molecule has 4 aromatic rings. The number of carbonyl (C=O) groups excluding carboxylic acids is 2. The van der Waals surface area contributed by atoms with Crippen LogP contribution in [-0.2, 0) is 24.1 Å². The van der Waals surface area contributed by atoms with Crippen molar-refractivity contribution in [1.29, 1.82) is 0 Å². The molecule has 0 spiro atoms. The van der Waals surface area contributed by atoms with E-state index in [1.54, 1.807) is 26.0 Å². The first kappa shape index (κ1) is 37.2. The van der Waals surface area contributed by atoms with E-state index in [2.05, 4.69) is 15.0 Å². The van der Waals surface area contributed by atoms with Gasteiger partial charge in [0.25, 0.3) is 5.69 Å². The molecule has 0 aliphatic heterocycles. The van der Waals surface area contributed by atoms with Crippen LogP contribution in [0.5, 0.6) is 0 Å². The van der Waals surface area contributed by atoms with E-state index in [0.29, 0.717) is 24.3 Å². The van der Waals surface area contributed by atoms with Crippen molar-refractivity contribution in [1.82, 2.24) is 9.97 Å². The number of non-ortho nitro benzene ring substituents is 1. The van der Waals surface area contributed by atoms with Crippen LogP contribution in [0.2, 0.25) is 0 Å². The van der Waals surface area contributed by atoms with Crippen LogP contribution in [0, 0.1) is 15.0 Å². The molecule has 4 rings (SSSR count). The minimum Gasteiger partial charge on any atom is -0.635 e. The summed E-state index contributed by atoms with van der Waals surface area (Å²) in [7, 11) is 0. The Kier molecular flexibility index (Phi) is 16.8. The second-order valence-electron chi connectivity index (χ2n) is 8.16. The molecule has 2 aromatic carbocycles. The molecule has 0 saturated carbocycles. The zero-order chi connectivity index (χ0) is 28.9. The molecular formula is C27H33N4NaO9. The van der Waals surface area contributed by atoms with Gasteiger partial charge >= 0.3 is 41.5 Å². The molecular weight excluding hydrogens is 547 g/mol. The van der Waals surface area contributed by atoms with E-state index in [-0.39, 0.29) is 60.5 Å². The number of ether oxygens (including phenoxy) is 2. The largest absolute Gasteiger partial charge is 1.00 e. The fraction of sp³-hybridized carbons (Fsp3) is 0.333. The van der Waals surface area contributed by atoms with E-state index < -0.39 is 10.8 Å². The van der Waals surface area contributed by atoms with E-state index in [4.69, 9.17) is 19.6 Å². The molecule has 2 heterocycles. The Balaban J connectivity index is 0.000000668. The number of esters is 2. The van der Waals surface area contributed by atoms with Gasteiger partial charge in [-0.2, -0.15) is 0 Å². The summed E-state index contributed by atoms with van der Waals surface area (Å²) in [6.07, 6.45) is 0. The van der Waals surface area contributed by atoms with E-state index in [1.165, 1.54) is 17.5 Å². The predicted octanol–water partition coefficient (Wildman–Crippen LogP) is 2.18. The number of nitro benzene ring substituents is 1. The van der Waals surface area contributed by atoms with Gasteiger partial charge in [0.15, 0.2) is 0 Å². The minimum absolute atomic E-state index is 0. The van der Waals surface area contributed by atoms with Gasteiger partial charge in [-0.15, -0.1) is 4.91 Å². The molecule has 0 fully saturated rings. The van der Waals surface area contributed by atoms with Crippen LogP contribution in [0.1, 0.15) is 58.3 Å². The summed E-state index contributed by atoms with van der Waals surface area (Å²) >= 11 is 0. The van der Waals surface area contributed by atoms with Crippen molar-refractivity contribution >= 4 is 39.4 Å². The SMILES string of the molecule is C.CCOC(=O)C(C)c1cc2cc([N+](=O)[O-])ccc2[nH]1.CCOC(=O)C(C)c1cc2ccccc2[nH]1.O=NO[O-].[Na+]. The van der Waals surface area contributed by atoms with Crippen molar-refractivity contribution in [2.75, 3.05) is 13.2 Å². The van der Waals surface area contributed by atoms with Gasteiger partial charge in [0.2, 0.25) is 0 Å². The Bertz CT molecular complexity index is 1390. The average Bonchev–Trinajstić information content (AvgIpc) is 3.57. The first-order chi connectivity index (χ1) is 18.7. The Labute approximate surface area is 258 Å². The third kappa shape index (κ3) is 10.6. The van der Waals surface area contributed by atoms with Crippen LogP contribution in [0.15, 0.2) is 59.9 Å². The maximum atomic E-state index is 11.6. The fourth-order valence-electron chi connectivity index (χ4n) is 3.61. The van der Waals surface area contributed by atoms with Crippen molar-refractivity contribution in [3.8, 4) is 0 Å². The van der Waals surface area contributed by atoms with Crippen LogP contribution in [-0.4, -0.2) is 40.0 Å². The van der Waals surface area contributed by atoms with Gasteiger partial charge in [0.05, 0.1) is 30.0 Å². The van der Waals surface area contributed by atoms with Crippen molar-refractivity contribution in [2.45, 2.75) is 47.0 Å². The normalized spacial score (nSPS) is 11.1. The standard InChI is InChI=1S/C13H14N2O4.C13H15NO2.CH4.HNO3.Na/c1-3-19-13(16)8(2)12-7-9-6-10(15(17)18)4-5-11(9)14-12;1-3-16-13(15)9(2)12-8-10-6-4-5-7-11(10)14-12;;2-1-4-3;/h4-8,14H,3H2,1-2H3;4-9,14H,3H2,1-2H3;1H4;3H;/q;;;;+1/p-1. The van der Waals surface area contributed by atoms with Crippen molar-refractivity contribution in [3.63, 3.8) is 0 Å². The Hall–Kier alpha value is -3.78. The van der Waals surface area contributed by atoms with Crippen molar-refractivity contribution < 1.29 is 63.8 Å². The van der Waals surface area contributed by atoms with E-state index >= 15 is 0 Å². The topological polar surface area (TPSA) is 189 Å². The Morgan fingerprint density at radius 1 is 0.878 bits per heavy atom. The number of H-pyrrole nitrogens is 2. The zero-order valence-electron chi connectivity index (χ0n) is 22.8. The number of carbonyl (C=O) groups is 2. The first-order valence-electron chi connectivity index (χ1n) is 12.0. The summed E-state index contributed by atoms with van der Waals surface area (Å²) in [5, 5.41) is 22.3. The summed E-state index contributed by atoms with van der Waals surface area (Å²) in [5.74, 6) is -1.17. The van der Waals surface area contributed by atoms with Crippen LogP contribution < -0.4 is 34.8 Å². The maximum absolute atomic E-state index is 11.6. The third-order valence-electron chi connectivity index (χ3n) is 5.63. The van der Waals surface area contributed by atoms with E-state index in [9.17, 15) is 19.7 Å². The molecule has 2 N–H and O–H groups in total. The number of nitrogens with zero attached hydrogens (tertiary/aromatic N) is 2. The second-order valence-corrected chi connectivity index (χ2v) is 8.16. The van der Waals surface area contributed by atoms with Gasteiger partial charge in [-0.3, -0.25) is 19.7 Å². The number of hydrogen-bond acceptors (Lipinski definition) is 10. The monoisotopic (exact) mass is 580 g/mol. The number of nitrogens with one attached hydrogen (secondary N) is 2. The molecule has 0 bridgehead atoms. The number of benzene rings is 2. The summed E-state index contributed by atoms with van der Waals surface area (Å²) in [5.41, 5.74) is 3.43. The van der Waals surface area contributed by atoms with Crippen LogP contribution in [0.25, 0.3) is 21.8 Å². The molecule has 0 aliphatic rings. The molecule has 2 unspecified atom stereocenters. The Morgan fingerprint density at radius 3 is 1.78 bits per heavy atom. The summed E-state index contributed by atoms with van der Waals surface area (Å²) < 4.78 is 9.94. The Morgan fingerprint density at radius 2 is 1.34 bits per heavy atom. The number of rotatable bonds is 8. The number of nitro groups is 1. The average molecular weight is 581 g/mol. The number of hydrogen-bond donors (Lipinski definition) is 2. The molecule has 0 radical (unpaired) electrons. The first-order valence-corrected chi connectivity index (χ1v) is 12.0. The van der Waals surface area contributed by atoms with Gasteiger partial charge < -0.3 is 29.7 Å². The van der Waals surface area contributed by atoms with Gasteiger partial charge in [0.1, 0.15) is 5.34 Å².